The summed E-state index contributed by atoms with van der Waals surface area (Å²) in [5.41, 5.74) is 3.66. The topological polar surface area (TPSA) is 72.2 Å². The maximum absolute atomic E-state index is 8.77. The van der Waals surface area contributed by atoms with E-state index < -0.39 is 0 Å². The summed E-state index contributed by atoms with van der Waals surface area (Å²) in [7, 11) is 2.17. The van der Waals surface area contributed by atoms with Crippen LogP contribution in [0, 0.1) is 11.3 Å². The Morgan fingerprint density at radius 2 is 2.07 bits per heavy atom. The van der Waals surface area contributed by atoms with E-state index in [4.69, 9.17) is 5.26 Å². The van der Waals surface area contributed by atoms with Crippen molar-refractivity contribution in [1.82, 2.24) is 24.8 Å². The zero-order valence-corrected chi connectivity index (χ0v) is 17.2. The van der Waals surface area contributed by atoms with Gasteiger partial charge in [-0.05, 0) is 37.9 Å². The summed E-state index contributed by atoms with van der Waals surface area (Å²) in [6.07, 6.45) is 7.67. The molecule has 0 amide bonds. The van der Waals surface area contributed by atoms with Crippen LogP contribution in [0.25, 0.3) is 0 Å². The number of pyridine rings is 1. The number of nitrogens with zero attached hydrogens (tertiary/aromatic N) is 7. The predicted molar refractivity (Wildman–Crippen MR) is 112 cm³/mol. The number of anilines is 1. The van der Waals surface area contributed by atoms with Gasteiger partial charge in [-0.2, -0.15) is 5.26 Å². The number of fused-ring (bicyclic) bond motifs is 1. The molecule has 4 rings (SSSR count). The van der Waals surface area contributed by atoms with Crippen LogP contribution in [0.2, 0.25) is 0 Å². The molecule has 29 heavy (non-hydrogen) atoms. The van der Waals surface area contributed by atoms with E-state index in [9.17, 15) is 0 Å². The van der Waals surface area contributed by atoms with Crippen LogP contribution in [-0.4, -0.2) is 64.5 Å². The number of hydrogen-bond donors (Lipinski definition) is 0. The van der Waals surface area contributed by atoms with Crippen molar-refractivity contribution in [2.24, 2.45) is 0 Å². The highest BCUT2D eigenvalue weighted by atomic mass is 15.3. The van der Waals surface area contributed by atoms with Gasteiger partial charge in [-0.15, -0.1) is 0 Å². The first-order valence-electron chi connectivity index (χ1n) is 10.5. The average molecular weight is 392 g/mol. The van der Waals surface area contributed by atoms with E-state index >= 15 is 0 Å². The molecule has 0 unspecified atom stereocenters. The third kappa shape index (κ3) is 4.72. The Morgan fingerprint density at radius 3 is 2.90 bits per heavy atom. The van der Waals surface area contributed by atoms with Gasteiger partial charge in [0.2, 0.25) is 0 Å². The van der Waals surface area contributed by atoms with Crippen molar-refractivity contribution in [2.45, 2.75) is 38.3 Å². The van der Waals surface area contributed by atoms with Crippen LogP contribution in [0.4, 0.5) is 5.82 Å². The summed E-state index contributed by atoms with van der Waals surface area (Å²) < 4.78 is 0. The van der Waals surface area contributed by atoms with Gasteiger partial charge in [-0.25, -0.2) is 9.97 Å². The van der Waals surface area contributed by atoms with Gasteiger partial charge >= 0.3 is 0 Å². The highest BCUT2D eigenvalue weighted by molar-refractivity contribution is 5.39. The first kappa shape index (κ1) is 19.7. The van der Waals surface area contributed by atoms with Crippen molar-refractivity contribution in [1.29, 1.82) is 5.26 Å². The molecule has 7 nitrogen and oxygen atoms in total. The second-order valence-corrected chi connectivity index (χ2v) is 7.98. The largest absolute Gasteiger partial charge is 0.354 e. The molecule has 2 aromatic rings. The van der Waals surface area contributed by atoms with Gasteiger partial charge in [-0.1, -0.05) is 6.07 Å². The number of aromatic nitrogens is 3. The van der Waals surface area contributed by atoms with E-state index in [0.717, 1.165) is 63.6 Å². The van der Waals surface area contributed by atoms with Crippen LogP contribution >= 0.6 is 0 Å². The Balaban J connectivity index is 1.39. The van der Waals surface area contributed by atoms with Crippen molar-refractivity contribution in [3.63, 3.8) is 0 Å². The first-order valence-corrected chi connectivity index (χ1v) is 10.5. The van der Waals surface area contributed by atoms with E-state index in [1.54, 1.807) is 6.33 Å². The smallest absolute Gasteiger partial charge is 0.132 e. The lowest BCUT2D eigenvalue weighted by molar-refractivity contribution is 0.206. The summed E-state index contributed by atoms with van der Waals surface area (Å²) in [5.74, 6) is 1.01. The normalized spacial score (nSPS) is 19.8. The van der Waals surface area contributed by atoms with Crippen LogP contribution < -0.4 is 4.90 Å². The van der Waals surface area contributed by atoms with Crippen molar-refractivity contribution in [3.8, 4) is 6.07 Å². The molecule has 0 spiro atoms. The molecule has 1 saturated heterocycles. The lowest BCUT2D eigenvalue weighted by Crippen LogP contribution is -2.46. The maximum Gasteiger partial charge on any atom is 0.132 e. The summed E-state index contributed by atoms with van der Waals surface area (Å²) in [4.78, 5) is 20.8. The van der Waals surface area contributed by atoms with Crippen molar-refractivity contribution in [3.05, 3.63) is 47.7 Å². The molecule has 0 bridgehead atoms. The van der Waals surface area contributed by atoms with Gasteiger partial charge in [0, 0.05) is 58.0 Å². The maximum atomic E-state index is 8.77. The number of rotatable bonds is 6. The SMILES string of the molecule is CN(Cc1cc(N2CCN(CCC#N)CC2)ncn1)[C@H]1CCCc2cccnc21. The van der Waals surface area contributed by atoms with Crippen LogP contribution in [-0.2, 0) is 13.0 Å². The molecule has 152 valence electrons. The highest BCUT2D eigenvalue weighted by Gasteiger charge is 2.25. The quantitative estimate of drug-likeness (QED) is 0.749. The molecular formula is C22H29N7. The second-order valence-electron chi connectivity index (χ2n) is 7.98. The number of piperazine rings is 1. The fourth-order valence-electron chi connectivity index (χ4n) is 4.43. The fraction of sp³-hybridized carbons (Fsp3) is 0.545. The molecule has 0 aromatic carbocycles. The van der Waals surface area contributed by atoms with Crippen LogP contribution in [0.15, 0.2) is 30.7 Å². The summed E-state index contributed by atoms with van der Waals surface area (Å²) in [6, 6.07) is 8.96. The molecule has 3 heterocycles. The molecule has 0 saturated carbocycles. The van der Waals surface area contributed by atoms with Crippen LogP contribution in [0.1, 0.15) is 42.3 Å². The minimum Gasteiger partial charge on any atom is -0.354 e. The van der Waals surface area contributed by atoms with Gasteiger partial charge in [-0.3, -0.25) is 14.8 Å². The molecule has 1 aliphatic carbocycles. The minimum atomic E-state index is 0.349. The molecule has 2 aromatic heterocycles. The molecule has 1 atom stereocenters. The number of aryl methyl sites for hydroxylation is 1. The monoisotopic (exact) mass is 391 g/mol. The molecule has 0 N–H and O–H groups in total. The summed E-state index contributed by atoms with van der Waals surface area (Å²) >= 11 is 0. The van der Waals surface area contributed by atoms with Gasteiger partial charge < -0.3 is 4.90 Å². The molecule has 1 fully saturated rings. The van der Waals surface area contributed by atoms with E-state index in [-0.39, 0.29) is 0 Å². The molecular weight excluding hydrogens is 362 g/mol. The lowest BCUT2D eigenvalue weighted by atomic mass is 9.91. The molecule has 2 aliphatic rings. The summed E-state index contributed by atoms with van der Waals surface area (Å²) in [6.45, 7) is 5.49. The Hall–Kier alpha value is -2.56. The Kier molecular flexibility index (Phi) is 6.33. The molecule has 1 aliphatic heterocycles. The average Bonchev–Trinajstić information content (AvgIpc) is 2.78. The number of hydrogen-bond acceptors (Lipinski definition) is 7. The van der Waals surface area contributed by atoms with Crippen LogP contribution in [0.3, 0.4) is 0 Å². The first-order chi connectivity index (χ1) is 14.2. The lowest BCUT2D eigenvalue weighted by Gasteiger charge is -2.35. The molecule has 0 radical (unpaired) electrons. The van der Waals surface area contributed by atoms with Gasteiger partial charge in [0.05, 0.1) is 23.5 Å². The highest BCUT2D eigenvalue weighted by Crippen LogP contribution is 2.32. The fourth-order valence-corrected chi connectivity index (χ4v) is 4.43. The third-order valence-corrected chi connectivity index (χ3v) is 6.05. The van der Waals surface area contributed by atoms with Crippen molar-refractivity contribution < 1.29 is 0 Å². The van der Waals surface area contributed by atoms with Crippen molar-refractivity contribution in [2.75, 3.05) is 44.7 Å². The minimum absolute atomic E-state index is 0.349. The van der Waals surface area contributed by atoms with Gasteiger partial charge in [0.1, 0.15) is 12.1 Å². The van der Waals surface area contributed by atoms with Gasteiger partial charge in [0.15, 0.2) is 0 Å². The standard InChI is InChI=1S/C22H29N7/c1-27(20-7-2-5-18-6-3-9-24-22(18)20)16-19-15-21(26-17-25-19)29-13-11-28(12-14-29)10-4-8-23/h3,6,9,15,17,20H,2,4-5,7,10-14,16H2,1H3/t20-/m0/s1. The van der Waals surface area contributed by atoms with Crippen LogP contribution in [0.5, 0.6) is 0 Å². The van der Waals surface area contributed by atoms with E-state index in [1.807, 2.05) is 12.3 Å². The van der Waals surface area contributed by atoms with Crippen molar-refractivity contribution >= 4 is 5.82 Å². The van der Waals surface area contributed by atoms with Gasteiger partial charge in [0.25, 0.3) is 0 Å². The zero-order chi connectivity index (χ0) is 20.1. The Morgan fingerprint density at radius 1 is 1.21 bits per heavy atom. The van der Waals surface area contributed by atoms with E-state index in [1.165, 1.54) is 17.7 Å². The molecule has 7 heteroatoms. The van der Waals surface area contributed by atoms with E-state index in [0.29, 0.717) is 12.5 Å². The Bertz CT molecular complexity index is 854. The zero-order valence-electron chi connectivity index (χ0n) is 17.2. The Labute approximate surface area is 173 Å². The third-order valence-electron chi connectivity index (χ3n) is 6.05. The van der Waals surface area contributed by atoms with E-state index in [2.05, 4.69) is 54.9 Å². The number of nitriles is 1. The second kappa shape index (κ2) is 9.29. The predicted octanol–water partition coefficient (Wildman–Crippen LogP) is 2.42. The summed E-state index contributed by atoms with van der Waals surface area (Å²) in [5, 5.41) is 8.77.